The predicted molar refractivity (Wildman–Crippen MR) is 110 cm³/mol. The number of nitrogens with one attached hydrogen (secondary N) is 1. The van der Waals surface area contributed by atoms with Gasteiger partial charge in [0.25, 0.3) is 0 Å². The van der Waals surface area contributed by atoms with E-state index in [9.17, 15) is 4.79 Å². The van der Waals surface area contributed by atoms with Gasteiger partial charge < -0.3 is 14.8 Å². The summed E-state index contributed by atoms with van der Waals surface area (Å²) in [5.74, 6) is 0. The number of carbonyl (C=O) groups is 1. The monoisotopic (exact) mass is 383 g/mol. The lowest BCUT2D eigenvalue weighted by molar-refractivity contribution is 0.164. The van der Waals surface area contributed by atoms with Crippen LogP contribution >= 0.6 is 11.3 Å². The van der Waals surface area contributed by atoms with Crippen molar-refractivity contribution in [3.8, 4) is 5.00 Å². The zero-order chi connectivity index (χ0) is 18.4. The summed E-state index contributed by atoms with van der Waals surface area (Å²) in [6.07, 6.45) is 12.8. The van der Waals surface area contributed by atoms with Crippen molar-refractivity contribution < 1.29 is 4.79 Å². The number of carbonyl (C=O) groups excluding carboxylic acids is 1. The van der Waals surface area contributed by atoms with Crippen molar-refractivity contribution in [3.63, 3.8) is 0 Å². The zero-order valence-electron chi connectivity index (χ0n) is 16.2. The molecule has 1 N–H and O–H groups in total. The van der Waals surface area contributed by atoms with Crippen LogP contribution in [0.2, 0.25) is 0 Å². The van der Waals surface area contributed by atoms with Gasteiger partial charge >= 0.3 is 6.03 Å². The molecule has 2 aromatic rings. The summed E-state index contributed by atoms with van der Waals surface area (Å²) in [6, 6.07) is 4.97. The minimum atomic E-state index is 0.130. The molecule has 2 aromatic heterocycles. The van der Waals surface area contributed by atoms with Crippen LogP contribution in [0.15, 0.2) is 18.3 Å². The van der Waals surface area contributed by atoms with E-state index >= 15 is 0 Å². The average Bonchev–Trinajstić information content (AvgIpc) is 3.40. The molecule has 0 bridgehead atoms. The van der Waals surface area contributed by atoms with E-state index < -0.39 is 0 Å². The third-order valence-electron chi connectivity index (χ3n) is 6.64. The van der Waals surface area contributed by atoms with Gasteiger partial charge in [-0.1, -0.05) is 19.8 Å². The van der Waals surface area contributed by atoms with Gasteiger partial charge in [-0.15, -0.1) is 11.3 Å². The normalized spacial score (nSPS) is 22.1. The van der Waals surface area contributed by atoms with Crippen LogP contribution < -0.4 is 5.32 Å². The largest absolute Gasteiger partial charge is 0.335 e. The minimum Gasteiger partial charge on any atom is -0.335 e. The molecule has 27 heavy (non-hydrogen) atoms. The fourth-order valence-electron chi connectivity index (χ4n) is 5.24. The molecule has 1 fully saturated rings. The highest BCUT2D eigenvalue weighted by atomic mass is 32.1. The Bertz CT molecular complexity index is 846. The van der Waals surface area contributed by atoms with E-state index in [1.807, 2.05) is 11.3 Å². The van der Waals surface area contributed by atoms with Crippen molar-refractivity contribution in [2.75, 3.05) is 0 Å². The third kappa shape index (κ3) is 2.91. The minimum absolute atomic E-state index is 0.130. The molecule has 4 nitrogen and oxygen atoms in total. The van der Waals surface area contributed by atoms with Crippen molar-refractivity contribution in [2.45, 2.75) is 83.3 Å². The first-order valence-electron chi connectivity index (χ1n) is 10.6. The number of amides is 2. The van der Waals surface area contributed by atoms with Gasteiger partial charge in [-0.05, 0) is 62.6 Å². The maximum Gasteiger partial charge on any atom is 0.318 e. The molecule has 1 atom stereocenters. The maximum absolute atomic E-state index is 13.3. The smallest absolute Gasteiger partial charge is 0.318 e. The van der Waals surface area contributed by atoms with Gasteiger partial charge in [-0.3, -0.25) is 0 Å². The molecule has 0 aromatic carbocycles. The van der Waals surface area contributed by atoms with Crippen LogP contribution in [0.25, 0.3) is 5.00 Å². The van der Waals surface area contributed by atoms with Crippen LogP contribution in [-0.4, -0.2) is 21.5 Å². The molecule has 3 heterocycles. The Kier molecular flexibility index (Phi) is 4.50. The molecule has 5 rings (SSSR count). The first-order valence-corrected chi connectivity index (χ1v) is 11.5. The molecule has 144 valence electrons. The highest BCUT2D eigenvalue weighted by molar-refractivity contribution is 7.15. The molecule has 0 saturated heterocycles. The van der Waals surface area contributed by atoms with E-state index in [-0.39, 0.29) is 12.1 Å². The van der Waals surface area contributed by atoms with Crippen molar-refractivity contribution in [2.24, 2.45) is 0 Å². The molecule has 0 spiro atoms. The van der Waals surface area contributed by atoms with Gasteiger partial charge in [0.05, 0.1) is 12.6 Å². The zero-order valence-corrected chi connectivity index (χ0v) is 17.0. The summed E-state index contributed by atoms with van der Waals surface area (Å²) in [4.78, 5) is 17.0. The van der Waals surface area contributed by atoms with Gasteiger partial charge in [-0.25, -0.2) is 4.79 Å². The van der Waals surface area contributed by atoms with Crippen molar-refractivity contribution in [3.05, 3.63) is 40.0 Å². The van der Waals surface area contributed by atoms with Crippen LogP contribution in [-0.2, 0) is 19.4 Å². The fraction of sp³-hybridized carbons (Fsp3) is 0.591. The van der Waals surface area contributed by atoms with Gasteiger partial charge in [0.15, 0.2) is 0 Å². The maximum atomic E-state index is 13.3. The highest BCUT2D eigenvalue weighted by Gasteiger charge is 2.35. The predicted octanol–water partition coefficient (Wildman–Crippen LogP) is 5.34. The van der Waals surface area contributed by atoms with E-state index in [1.165, 1.54) is 60.3 Å². The lowest BCUT2D eigenvalue weighted by Gasteiger charge is -2.31. The van der Waals surface area contributed by atoms with Crippen LogP contribution in [0, 0.1) is 0 Å². The summed E-state index contributed by atoms with van der Waals surface area (Å²) < 4.78 is 2.37. The molecule has 1 aliphatic heterocycles. The van der Waals surface area contributed by atoms with Gasteiger partial charge in [0.1, 0.15) is 5.00 Å². The number of nitrogens with zero attached hydrogens (tertiary/aromatic N) is 2. The molecule has 3 aliphatic rings. The molecule has 1 unspecified atom stereocenters. The molecule has 0 radical (unpaired) electrons. The number of hydrogen-bond acceptors (Lipinski definition) is 2. The first-order chi connectivity index (χ1) is 13.3. The molecule has 2 aliphatic carbocycles. The first kappa shape index (κ1) is 17.4. The van der Waals surface area contributed by atoms with Gasteiger partial charge in [0, 0.05) is 28.4 Å². The molecular weight excluding hydrogens is 354 g/mol. The SMILES string of the molecule is CCC1c2cccn2-c2sc3c(c2CN1C(=O)NC1CCCC1)CCCC3. The second-order valence-corrected chi connectivity index (χ2v) is 9.36. The number of aryl methyl sites for hydroxylation is 1. The average molecular weight is 384 g/mol. The highest BCUT2D eigenvalue weighted by Crippen LogP contribution is 2.43. The third-order valence-corrected chi connectivity index (χ3v) is 7.97. The Labute approximate surface area is 165 Å². The summed E-state index contributed by atoms with van der Waals surface area (Å²) >= 11 is 1.96. The Morgan fingerprint density at radius 1 is 1.19 bits per heavy atom. The second kappa shape index (κ2) is 7.01. The molecular formula is C22H29N3OS. The van der Waals surface area contributed by atoms with Crippen LogP contribution in [0.3, 0.4) is 0 Å². The van der Waals surface area contributed by atoms with E-state index in [2.05, 4.69) is 40.0 Å². The van der Waals surface area contributed by atoms with Crippen LogP contribution in [0.5, 0.6) is 0 Å². The Hall–Kier alpha value is -1.75. The number of aromatic nitrogens is 1. The van der Waals surface area contributed by atoms with Crippen molar-refractivity contribution >= 4 is 17.4 Å². The van der Waals surface area contributed by atoms with Crippen LogP contribution in [0.1, 0.15) is 79.6 Å². The van der Waals surface area contributed by atoms with Crippen LogP contribution in [0.4, 0.5) is 4.79 Å². The second-order valence-electron chi connectivity index (χ2n) is 8.28. The van der Waals surface area contributed by atoms with E-state index in [1.54, 1.807) is 4.88 Å². The standard InChI is InChI=1S/C22H29N3OS/c1-2-18-19-11-7-13-24(19)21-17(16-10-5-6-12-20(16)27-21)14-25(18)22(26)23-15-8-3-4-9-15/h7,11,13,15,18H,2-6,8-10,12,14H2,1H3,(H,23,26). The number of urea groups is 1. The van der Waals surface area contributed by atoms with E-state index in [4.69, 9.17) is 0 Å². The summed E-state index contributed by atoms with van der Waals surface area (Å²) in [5, 5.41) is 4.71. The Morgan fingerprint density at radius 3 is 2.81 bits per heavy atom. The topological polar surface area (TPSA) is 37.3 Å². The number of rotatable bonds is 2. The van der Waals surface area contributed by atoms with Gasteiger partial charge in [0.2, 0.25) is 0 Å². The quantitative estimate of drug-likeness (QED) is 0.747. The molecule has 5 heteroatoms. The number of hydrogen-bond donors (Lipinski definition) is 1. The molecule has 2 amide bonds. The Balaban J connectivity index is 1.56. The van der Waals surface area contributed by atoms with Crippen molar-refractivity contribution in [1.82, 2.24) is 14.8 Å². The summed E-state index contributed by atoms with van der Waals surface area (Å²) in [5.41, 5.74) is 4.21. The summed E-state index contributed by atoms with van der Waals surface area (Å²) in [6.45, 7) is 2.95. The fourth-order valence-corrected chi connectivity index (χ4v) is 6.64. The summed E-state index contributed by atoms with van der Waals surface area (Å²) in [7, 11) is 0. The molecule has 1 saturated carbocycles. The lowest BCUT2D eigenvalue weighted by atomic mass is 9.95. The van der Waals surface area contributed by atoms with E-state index in [0.29, 0.717) is 6.04 Å². The Morgan fingerprint density at radius 2 is 2.00 bits per heavy atom. The van der Waals surface area contributed by atoms with Gasteiger partial charge in [-0.2, -0.15) is 0 Å². The lowest BCUT2D eigenvalue weighted by Crippen LogP contribution is -2.45. The van der Waals surface area contributed by atoms with E-state index in [0.717, 1.165) is 25.8 Å². The number of fused-ring (bicyclic) bond motifs is 5. The number of thiophene rings is 1. The van der Waals surface area contributed by atoms with Crippen molar-refractivity contribution in [1.29, 1.82) is 0 Å².